The zero-order chi connectivity index (χ0) is 20.4. The smallest absolute Gasteiger partial charge is 0.138 e. The van der Waals surface area contributed by atoms with Crippen molar-refractivity contribution in [1.82, 2.24) is 9.97 Å². The first-order valence-electron chi connectivity index (χ1n) is 8.60. The molecule has 1 fully saturated rings. The molecule has 150 valence electrons. The summed E-state index contributed by atoms with van der Waals surface area (Å²) in [6.45, 7) is 1.95. The van der Waals surface area contributed by atoms with Crippen molar-refractivity contribution in [1.29, 1.82) is 0 Å². The van der Waals surface area contributed by atoms with E-state index in [1.807, 2.05) is 42.1 Å². The highest BCUT2D eigenvalue weighted by Gasteiger charge is 2.15. The lowest BCUT2D eigenvalue weighted by atomic mass is 10.1. The normalized spacial score (nSPS) is 12.9. The van der Waals surface area contributed by atoms with Gasteiger partial charge >= 0.3 is 0 Å². The van der Waals surface area contributed by atoms with Gasteiger partial charge in [-0.3, -0.25) is 0 Å². The van der Waals surface area contributed by atoms with E-state index >= 15 is 0 Å². The Morgan fingerprint density at radius 1 is 1.18 bits per heavy atom. The van der Waals surface area contributed by atoms with Crippen molar-refractivity contribution in [3.8, 4) is 0 Å². The van der Waals surface area contributed by atoms with Gasteiger partial charge in [-0.25, -0.2) is 9.97 Å². The highest BCUT2D eigenvalue weighted by molar-refractivity contribution is 7.99. The number of nitrogens with two attached hydrogens (primary N) is 1. The Balaban J connectivity index is 0.000000260. The number of ether oxygens (including phenoxy) is 2. The Kier molecular flexibility index (Phi) is 9.30. The number of aromatic nitrogens is 2. The molecule has 3 N–H and O–H groups in total. The van der Waals surface area contributed by atoms with Gasteiger partial charge in [0.1, 0.15) is 11.0 Å². The second kappa shape index (κ2) is 11.7. The Labute approximate surface area is 174 Å². The number of rotatable bonds is 3. The predicted octanol–water partition coefficient (Wildman–Crippen LogP) is 4.62. The number of hydrogen-bond acceptors (Lipinski definition) is 7. The zero-order valence-electron chi connectivity index (χ0n) is 16.2. The van der Waals surface area contributed by atoms with Crippen LogP contribution in [0.3, 0.4) is 0 Å². The molecular weight excluding hydrogens is 396 g/mol. The first-order valence-corrected chi connectivity index (χ1v) is 10.3. The number of fused-ring (bicyclic) bond motifs is 1. The molecule has 0 unspecified atom stereocenters. The van der Waals surface area contributed by atoms with Crippen molar-refractivity contribution in [3.63, 3.8) is 0 Å². The maximum atomic E-state index is 5.78. The summed E-state index contributed by atoms with van der Waals surface area (Å²) in [5.41, 5.74) is 7.35. The number of methoxy groups -OCH3 is 1. The number of benzene rings is 1. The summed E-state index contributed by atoms with van der Waals surface area (Å²) in [5.74, 6) is 0.765. The molecule has 1 aliphatic rings. The molecule has 0 saturated carbocycles. The summed E-state index contributed by atoms with van der Waals surface area (Å²) >= 11 is 7.65. The van der Waals surface area contributed by atoms with Gasteiger partial charge in [-0.15, -0.1) is 0 Å². The topological polar surface area (TPSA) is 82.3 Å². The molecule has 1 saturated heterocycles. The average molecular weight is 421 g/mol. The van der Waals surface area contributed by atoms with Crippen molar-refractivity contribution in [2.24, 2.45) is 0 Å². The third-order valence-electron chi connectivity index (χ3n) is 3.72. The van der Waals surface area contributed by atoms with Gasteiger partial charge in [-0.2, -0.15) is 11.8 Å². The van der Waals surface area contributed by atoms with E-state index in [9.17, 15) is 0 Å². The molecule has 4 rings (SSSR count). The maximum absolute atomic E-state index is 5.78. The summed E-state index contributed by atoms with van der Waals surface area (Å²) in [4.78, 5) is 8.37. The van der Waals surface area contributed by atoms with Gasteiger partial charge in [0.05, 0.1) is 30.3 Å². The van der Waals surface area contributed by atoms with Gasteiger partial charge in [0.15, 0.2) is 0 Å². The number of thioether (sulfide) groups is 1. The third kappa shape index (κ3) is 6.83. The summed E-state index contributed by atoms with van der Waals surface area (Å²) in [6, 6.07) is 11.2. The van der Waals surface area contributed by atoms with E-state index in [2.05, 4.69) is 26.3 Å². The standard InChI is InChI=1S/C14H11ClN4.C4H8OS.C2H6O/c15-13-4-2-11(8-18-13)19-14-12-3-1-10(16)7-9(12)5-6-17-14;1-6-4-2-5-3-4;1-3-2/h1-8H,16H2,(H,17,19);4H,2-3H2,1H3;1-2H3. The monoisotopic (exact) mass is 420 g/mol. The van der Waals surface area contributed by atoms with Gasteiger partial charge in [-0.05, 0) is 48.0 Å². The van der Waals surface area contributed by atoms with E-state index in [-0.39, 0.29) is 0 Å². The van der Waals surface area contributed by atoms with Gasteiger partial charge < -0.3 is 20.5 Å². The molecule has 0 spiro atoms. The summed E-state index contributed by atoms with van der Waals surface area (Å²) in [5, 5.41) is 6.54. The lowest BCUT2D eigenvalue weighted by Gasteiger charge is -2.23. The lowest BCUT2D eigenvalue weighted by molar-refractivity contribution is 0.0457. The van der Waals surface area contributed by atoms with Crippen LogP contribution in [0, 0.1) is 0 Å². The van der Waals surface area contributed by atoms with Crippen LogP contribution in [0.4, 0.5) is 17.2 Å². The number of nitrogens with one attached hydrogen (secondary N) is 1. The number of hydrogen-bond donors (Lipinski definition) is 2. The Bertz CT molecular complexity index is 858. The second-order valence-corrected chi connectivity index (χ2v) is 7.46. The second-order valence-electron chi connectivity index (χ2n) is 5.94. The van der Waals surface area contributed by atoms with Crippen LogP contribution in [-0.4, -0.2) is 48.9 Å². The molecule has 8 heteroatoms. The van der Waals surface area contributed by atoms with Crippen LogP contribution < -0.4 is 11.1 Å². The number of nitrogen functional groups attached to an aromatic ring is 1. The van der Waals surface area contributed by atoms with E-state index in [4.69, 9.17) is 22.1 Å². The van der Waals surface area contributed by atoms with Crippen molar-refractivity contribution in [2.45, 2.75) is 5.25 Å². The number of nitrogens with zero attached hydrogens (tertiary/aromatic N) is 2. The average Bonchev–Trinajstić information content (AvgIpc) is 2.64. The van der Waals surface area contributed by atoms with Crippen LogP contribution in [-0.2, 0) is 9.47 Å². The Hall–Kier alpha value is -2.06. The van der Waals surface area contributed by atoms with Gasteiger partial charge in [-0.1, -0.05) is 11.6 Å². The SMILES string of the molecule is COC.CSC1COC1.Nc1ccc2c(Nc3ccc(Cl)nc3)nccc2c1. The van der Waals surface area contributed by atoms with Crippen LogP contribution in [0.5, 0.6) is 0 Å². The van der Waals surface area contributed by atoms with Gasteiger partial charge in [0, 0.05) is 31.5 Å². The first kappa shape index (κ1) is 22.2. The Morgan fingerprint density at radius 3 is 2.46 bits per heavy atom. The molecule has 28 heavy (non-hydrogen) atoms. The highest BCUT2D eigenvalue weighted by Crippen LogP contribution is 2.25. The minimum absolute atomic E-state index is 0.462. The molecule has 6 nitrogen and oxygen atoms in total. The van der Waals surface area contributed by atoms with E-state index in [0.717, 1.165) is 46.4 Å². The summed E-state index contributed by atoms with van der Waals surface area (Å²) < 4.78 is 9.15. The molecule has 1 aromatic carbocycles. The van der Waals surface area contributed by atoms with E-state index in [1.165, 1.54) is 0 Å². The zero-order valence-corrected chi connectivity index (χ0v) is 17.8. The highest BCUT2D eigenvalue weighted by atomic mass is 35.5. The molecule has 0 amide bonds. The van der Waals surface area contributed by atoms with Crippen molar-refractivity contribution >= 4 is 51.3 Å². The number of anilines is 3. The van der Waals surface area contributed by atoms with Crippen LogP contribution in [0.15, 0.2) is 48.8 Å². The van der Waals surface area contributed by atoms with Gasteiger partial charge in [0.25, 0.3) is 0 Å². The Morgan fingerprint density at radius 2 is 1.93 bits per heavy atom. The molecule has 2 aromatic heterocycles. The fraction of sp³-hybridized carbons (Fsp3) is 0.300. The van der Waals surface area contributed by atoms with Crippen molar-refractivity contribution in [3.05, 3.63) is 53.9 Å². The number of pyridine rings is 2. The molecule has 1 aliphatic heterocycles. The molecule has 0 bridgehead atoms. The maximum Gasteiger partial charge on any atom is 0.138 e. The molecule has 0 radical (unpaired) electrons. The number of halogens is 1. The van der Waals surface area contributed by atoms with E-state index in [1.54, 1.807) is 32.7 Å². The molecule has 0 atom stereocenters. The minimum Gasteiger partial charge on any atom is -0.399 e. The van der Waals surface area contributed by atoms with Gasteiger partial charge in [0.2, 0.25) is 0 Å². The minimum atomic E-state index is 0.462. The summed E-state index contributed by atoms with van der Waals surface area (Å²) in [6.07, 6.45) is 5.53. The fourth-order valence-corrected chi connectivity index (χ4v) is 2.81. The molecule has 3 heterocycles. The van der Waals surface area contributed by atoms with Crippen LogP contribution in [0.25, 0.3) is 10.8 Å². The molecule has 0 aliphatic carbocycles. The van der Waals surface area contributed by atoms with E-state index in [0.29, 0.717) is 5.15 Å². The fourth-order valence-electron chi connectivity index (χ4n) is 2.23. The predicted molar refractivity (Wildman–Crippen MR) is 120 cm³/mol. The van der Waals surface area contributed by atoms with Crippen LogP contribution >= 0.6 is 23.4 Å². The third-order valence-corrected chi connectivity index (χ3v) is 4.88. The van der Waals surface area contributed by atoms with Crippen LogP contribution in [0.1, 0.15) is 0 Å². The van der Waals surface area contributed by atoms with Crippen LogP contribution in [0.2, 0.25) is 5.15 Å². The quantitative estimate of drug-likeness (QED) is 0.472. The van der Waals surface area contributed by atoms with Crippen molar-refractivity contribution in [2.75, 3.05) is 44.7 Å². The molecule has 3 aromatic rings. The summed E-state index contributed by atoms with van der Waals surface area (Å²) in [7, 11) is 3.25. The molecular formula is C20H25ClN4O2S. The largest absolute Gasteiger partial charge is 0.399 e. The first-order chi connectivity index (χ1) is 13.6. The lowest BCUT2D eigenvalue weighted by Crippen LogP contribution is -2.29. The van der Waals surface area contributed by atoms with Crippen molar-refractivity contribution < 1.29 is 9.47 Å². The van der Waals surface area contributed by atoms with E-state index < -0.39 is 0 Å².